The Labute approximate surface area is 170 Å². The largest absolute Gasteiger partial charge is 0.484 e. The Hall–Kier alpha value is -3.12. The van der Waals surface area contributed by atoms with Crippen molar-refractivity contribution < 1.29 is 35.9 Å². The van der Waals surface area contributed by atoms with Crippen molar-refractivity contribution in [3.63, 3.8) is 0 Å². The number of halogens is 3. The first-order valence-electron chi connectivity index (χ1n) is 8.41. The zero-order valence-corrected chi connectivity index (χ0v) is 16.2. The summed E-state index contributed by atoms with van der Waals surface area (Å²) in [5.41, 5.74) is 6.02. The van der Waals surface area contributed by atoms with Crippen LogP contribution in [0, 0.1) is 0 Å². The SMILES string of the molecule is NC(=O)Cc1ccc(OCC(=O)Nc2ccc(S(=O)(=O)NCC(F)(F)F)cc2)cc1. The number of sulfonamides is 1. The molecule has 0 aliphatic carbocycles. The van der Waals surface area contributed by atoms with Crippen LogP contribution in [0.25, 0.3) is 0 Å². The Morgan fingerprint density at radius 1 is 1.00 bits per heavy atom. The smallest absolute Gasteiger partial charge is 0.402 e. The van der Waals surface area contributed by atoms with Crippen molar-refractivity contribution in [2.24, 2.45) is 5.73 Å². The van der Waals surface area contributed by atoms with Gasteiger partial charge in [-0.05, 0) is 42.0 Å². The zero-order chi connectivity index (χ0) is 22.4. The lowest BCUT2D eigenvalue weighted by Gasteiger charge is -2.11. The van der Waals surface area contributed by atoms with Crippen LogP contribution in [0.3, 0.4) is 0 Å². The second kappa shape index (κ2) is 9.59. The molecule has 8 nitrogen and oxygen atoms in total. The van der Waals surface area contributed by atoms with E-state index in [0.717, 1.165) is 12.1 Å². The first kappa shape index (κ1) is 23.2. The van der Waals surface area contributed by atoms with Crippen molar-refractivity contribution in [1.82, 2.24) is 4.72 Å². The summed E-state index contributed by atoms with van der Waals surface area (Å²) in [4.78, 5) is 22.4. The van der Waals surface area contributed by atoms with Gasteiger partial charge >= 0.3 is 6.18 Å². The standard InChI is InChI=1S/C18H18F3N3O5S/c19-18(20,21)11-23-30(27,28)15-7-3-13(4-8-15)24-17(26)10-29-14-5-1-12(2-6-14)9-16(22)25/h1-8,23H,9-11H2,(H2,22,25)(H,24,26). The molecule has 0 heterocycles. The van der Waals surface area contributed by atoms with Crippen LogP contribution in [0.4, 0.5) is 18.9 Å². The van der Waals surface area contributed by atoms with Crippen molar-refractivity contribution in [3.05, 3.63) is 54.1 Å². The van der Waals surface area contributed by atoms with Crippen molar-refractivity contribution in [3.8, 4) is 5.75 Å². The second-order valence-electron chi connectivity index (χ2n) is 6.09. The topological polar surface area (TPSA) is 128 Å². The number of carbonyl (C=O) groups is 2. The summed E-state index contributed by atoms with van der Waals surface area (Å²) < 4.78 is 66.9. The minimum atomic E-state index is -4.68. The van der Waals surface area contributed by atoms with Gasteiger partial charge in [0.1, 0.15) is 12.3 Å². The molecule has 2 aromatic rings. The van der Waals surface area contributed by atoms with Gasteiger partial charge in [0, 0.05) is 5.69 Å². The normalized spacial score (nSPS) is 11.7. The molecule has 0 aromatic heterocycles. The molecule has 0 unspecified atom stereocenters. The number of benzene rings is 2. The minimum absolute atomic E-state index is 0.0816. The molecular formula is C18H18F3N3O5S. The van der Waals surface area contributed by atoms with Gasteiger partial charge in [0.25, 0.3) is 5.91 Å². The van der Waals surface area contributed by atoms with E-state index < -0.39 is 34.6 Å². The van der Waals surface area contributed by atoms with E-state index >= 15 is 0 Å². The highest BCUT2D eigenvalue weighted by molar-refractivity contribution is 7.89. The Balaban J connectivity index is 1.87. The molecule has 0 aliphatic rings. The quantitative estimate of drug-likeness (QED) is 0.540. The predicted octanol–water partition coefficient (Wildman–Crippen LogP) is 1.57. The van der Waals surface area contributed by atoms with E-state index in [0.29, 0.717) is 11.3 Å². The highest BCUT2D eigenvalue weighted by atomic mass is 32.2. The van der Waals surface area contributed by atoms with Gasteiger partial charge in [-0.3, -0.25) is 9.59 Å². The molecule has 162 valence electrons. The fourth-order valence-electron chi connectivity index (χ4n) is 2.23. The van der Waals surface area contributed by atoms with Crippen LogP contribution < -0.4 is 20.5 Å². The van der Waals surface area contributed by atoms with Crippen LogP contribution in [0.1, 0.15) is 5.56 Å². The van der Waals surface area contributed by atoms with Gasteiger partial charge in [-0.2, -0.15) is 13.2 Å². The third-order valence-electron chi connectivity index (χ3n) is 3.58. The van der Waals surface area contributed by atoms with E-state index in [1.807, 2.05) is 0 Å². The van der Waals surface area contributed by atoms with Gasteiger partial charge in [0.05, 0.1) is 11.3 Å². The molecule has 2 rings (SSSR count). The maximum atomic E-state index is 12.2. The molecule has 30 heavy (non-hydrogen) atoms. The number of hydrogen-bond donors (Lipinski definition) is 3. The number of alkyl halides is 3. The van der Waals surface area contributed by atoms with Gasteiger partial charge in [-0.25, -0.2) is 13.1 Å². The number of carbonyl (C=O) groups excluding carboxylic acids is 2. The summed E-state index contributed by atoms with van der Waals surface area (Å²) in [5.74, 6) is -0.629. The monoisotopic (exact) mass is 445 g/mol. The lowest BCUT2D eigenvalue weighted by molar-refractivity contribution is -0.121. The van der Waals surface area contributed by atoms with Gasteiger partial charge < -0.3 is 15.8 Å². The zero-order valence-electron chi connectivity index (χ0n) is 15.4. The molecule has 0 atom stereocenters. The number of rotatable bonds is 9. The molecule has 2 amide bonds. The van der Waals surface area contributed by atoms with Gasteiger partial charge in [-0.15, -0.1) is 0 Å². The molecule has 0 radical (unpaired) electrons. The van der Waals surface area contributed by atoms with E-state index in [2.05, 4.69) is 5.32 Å². The fraction of sp³-hybridized carbons (Fsp3) is 0.222. The summed E-state index contributed by atoms with van der Waals surface area (Å²) in [6.45, 7) is -2.03. The van der Waals surface area contributed by atoms with Crippen molar-refractivity contribution in [2.75, 3.05) is 18.5 Å². The lowest BCUT2D eigenvalue weighted by Crippen LogP contribution is -2.33. The second-order valence-corrected chi connectivity index (χ2v) is 7.85. The minimum Gasteiger partial charge on any atom is -0.484 e. The molecule has 0 bridgehead atoms. The number of ether oxygens (including phenoxy) is 1. The number of nitrogens with one attached hydrogen (secondary N) is 2. The van der Waals surface area contributed by atoms with Crippen LogP contribution in [-0.2, 0) is 26.0 Å². The maximum Gasteiger partial charge on any atom is 0.402 e. The van der Waals surface area contributed by atoms with Crippen molar-refractivity contribution in [2.45, 2.75) is 17.5 Å². The predicted molar refractivity (Wildman–Crippen MR) is 101 cm³/mol. The maximum absolute atomic E-state index is 12.2. The lowest BCUT2D eigenvalue weighted by atomic mass is 10.1. The molecule has 0 fully saturated rings. The van der Waals surface area contributed by atoms with Crippen LogP contribution >= 0.6 is 0 Å². The molecule has 12 heteroatoms. The summed E-state index contributed by atoms with van der Waals surface area (Å²) in [6, 6.07) is 11.0. The third-order valence-corrected chi connectivity index (χ3v) is 5.00. The molecule has 4 N–H and O–H groups in total. The number of nitrogens with two attached hydrogens (primary N) is 1. The summed E-state index contributed by atoms with van der Waals surface area (Å²) >= 11 is 0. The van der Waals surface area contributed by atoms with Crippen molar-refractivity contribution in [1.29, 1.82) is 0 Å². The van der Waals surface area contributed by atoms with E-state index in [9.17, 15) is 31.2 Å². The van der Waals surface area contributed by atoms with E-state index in [1.54, 1.807) is 24.3 Å². The molecule has 0 saturated carbocycles. The molecule has 2 aromatic carbocycles. The highest BCUT2D eigenvalue weighted by Crippen LogP contribution is 2.17. The van der Waals surface area contributed by atoms with Crippen LogP contribution in [0.5, 0.6) is 5.75 Å². The Morgan fingerprint density at radius 3 is 2.13 bits per heavy atom. The molecule has 0 aliphatic heterocycles. The highest BCUT2D eigenvalue weighted by Gasteiger charge is 2.30. The summed E-state index contributed by atoms with van der Waals surface area (Å²) in [6.07, 6.45) is -4.60. The average Bonchev–Trinajstić information content (AvgIpc) is 2.65. The van der Waals surface area contributed by atoms with E-state index in [4.69, 9.17) is 10.5 Å². The summed E-state index contributed by atoms with van der Waals surface area (Å²) in [7, 11) is -4.33. The van der Waals surface area contributed by atoms with Gasteiger partial charge in [0.2, 0.25) is 15.9 Å². The number of amides is 2. The fourth-order valence-corrected chi connectivity index (χ4v) is 3.24. The number of anilines is 1. The first-order chi connectivity index (χ1) is 13.9. The van der Waals surface area contributed by atoms with E-state index in [-0.39, 0.29) is 23.6 Å². The number of primary amides is 1. The van der Waals surface area contributed by atoms with Gasteiger partial charge in [-0.1, -0.05) is 12.1 Å². The Kier molecular flexibility index (Phi) is 7.40. The van der Waals surface area contributed by atoms with Gasteiger partial charge in [0.15, 0.2) is 6.61 Å². The molecular weight excluding hydrogens is 427 g/mol. The molecule has 0 spiro atoms. The van der Waals surface area contributed by atoms with Crippen LogP contribution in [0.2, 0.25) is 0 Å². The average molecular weight is 445 g/mol. The molecule has 0 saturated heterocycles. The van der Waals surface area contributed by atoms with Crippen LogP contribution in [0.15, 0.2) is 53.4 Å². The Bertz CT molecular complexity index is 991. The summed E-state index contributed by atoms with van der Waals surface area (Å²) in [5, 5.41) is 2.46. The number of hydrogen-bond acceptors (Lipinski definition) is 5. The third kappa shape index (κ3) is 7.72. The Morgan fingerprint density at radius 2 is 1.60 bits per heavy atom. The first-order valence-corrected chi connectivity index (χ1v) is 9.89. The van der Waals surface area contributed by atoms with Crippen molar-refractivity contribution >= 4 is 27.5 Å². The van der Waals surface area contributed by atoms with Crippen LogP contribution in [-0.4, -0.2) is 39.6 Å². The van der Waals surface area contributed by atoms with E-state index in [1.165, 1.54) is 16.9 Å².